The lowest BCUT2D eigenvalue weighted by Crippen LogP contribution is -2.44. The third-order valence-electron chi connectivity index (χ3n) is 4.66. The molecule has 3 rings (SSSR count). The van der Waals surface area contributed by atoms with E-state index in [4.69, 9.17) is 4.74 Å². The third-order valence-corrected chi connectivity index (χ3v) is 4.66. The molecule has 1 aliphatic heterocycles. The molecule has 0 radical (unpaired) electrons. The number of amides is 3. The van der Waals surface area contributed by atoms with Gasteiger partial charge in [0, 0.05) is 24.4 Å². The number of ether oxygens (including phenoxy) is 1. The van der Waals surface area contributed by atoms with Crippen LogP contribution >= 0.6 is 0 Å². The van der Waals surface area contributed by atoms with Gasteiger partial charge < -0.3 is 20.7 Å². The van der Waals surface area contributed by atoms with E-state index in [2.05, 4.69) is 16.0 Å². The lowest BCUT2D eigenvalue weighted by molar-refractivity contribution is -0.124. The fraction of sp³-hybridized carbons (Fsp3) is 0.318. The summed E-state index contributed by atoms with van der Waals surface area (Å²) in [5, 5.41) is 8.25. The molecule has 7 heteroatoms. The minimum atomic E-state index is -0.698. The number of hydrogen-bond donors (Lipinski definition) is 3. The third kappa shape index (κ3) is 5.89. The van der Waals surface area contributed by atoms with E-state index in [1.807, 2.05) is 30.3 Å². The molecule has 1 saturated heterocycles. The maximum Gasteiger partial charge on any atom is 0.253 e. The molecule has 0 aromatic heterocycles. The summed E-state index contributed by atoms with van der Waals surface area (Å²) in [6, 6.07) is 15.4. The van der Waals surface area contributed by atoms with Crippen molar-refractivity contribution in [2.24, 2.45) is 0 Å². The van der Waals surface area contributed by atoms with Gasteiger partial charge in [0.2, 0.25) is 5.91 Å². The first-order valence-electron chi connectivity index (χ1n) is 9.68. The standard InChI is InChI=1S/C22H25N3O4/c1-15(20(26)23-14-16-7-3-2-4-8-16)24-21(27)17-9-5-10-18(13-17)25-22(28)19-11-6-12-29-19/h2-5,7-10,13,15,19H,6,11-12,14H2,1H3,(H,23,26)(H,24,27)(H,25,28). The van der Waals surface area contributed by atoms with Crippen molar-refractivity contribution >= 4 is 23.4 Å². The van der Waals surface area contributed by atoms with Gasteiger partial charge in [-0.3, -0.25) is 14.4 Å². The second-order valence-corrected chi connectivity index (χ2v) is 6.97. The van der Waals surface area contributed by atoms with Crippen LogP contribution in [0.5, 0.6) is 0 Å². The Kier molecular flexibility index (Phi) is 6.97. The largest absolute Gasteiger partial charge is 0.368 e. The normalized spacial score (nSPS) is 16.7. The highest BCUT2D eigenvalue weighted by Gasteiger charge is 2.24. The number of carbonyl (C=O) groups is 3. The van der Waals surface area contributed by atoms with Gasteiger partial charge in [0.1, 0.15) is 12.1 Å². The van der Waals surface area contributed by atoms with Crippen molar-refractivity contribution in [3.05, 3.63) is 65.7 Å². The number of rotatable bonds is 7. The van der Waals surface area contributed by atoms with Gasteiger partial charge in [0.15, 0.2) is 0 Å². The Labute approximate surface area is 169 Å². The van der Waals surface area contributed by atoms with E-state index in [0.29, 0.717) is 30.8 Å². The van der Waals surface area contributed by atoms with Crippen LogP contribution in [0.4, 0.5) is 5.69 Å². The van der Waals surface area contributed by atoms with Crippen molar-refractivity contribution in [2.75, 3.05) is 11.9 Å². The molecule has 2 unspecified atom stereocenters. The van der Waals surface area contributed by atoms with Crippen LogP contribution in [0.2, 0.25) is 0 Å². The average molecular weight is 395 g/mol. The molecular weight excluding hydrogens is 370 g/mol. The lowest BCUT2D eigenvalue weighted by atomic mass is 10.1. The van der Waals surface area contributed by atoms with Gasteiger partial charge in [-0.1, -0.05) is 36.4 Å². The Morgan fingerprint density at radius 1 is 1.10 bits per heavy atom. The quantitative estimate of drug-likeness (QED) is 0.670. The van der Waals surface area contributed by atoms with Gasteiger partial charge >= 0.3 is 0 Å². The van der Waals surface area contributed by atoms with Crippen LogP contribution in [-0.4, -0.2) is 36.5 Å². The number of benzene rings is 2. The zero-order valence-electron chi connectivity index (χ0n) is 16.3. The molecule has 3 N–H and O–H groups in total. The molecule has 1 fully saturated rings. The Bertz CT molecular complexity index is 863. The highest BCUT2D eigenvalue weighted by atomic mass is 16.5. The zero-order chi connectivity index (χ0) is 20.6. The van der Waals surface area contributed by atoms with Crippen LogP contribution in [0.3, 0.4) is 0 Å². The second kappa shape index (κ2) is 9.84. The van der Waals surface area contributed by atoms with Crippen molar-refractivity contribution < 1.29 is 19.1 Å². The molecule has 0 saturated carbocycles. The summed E-state index contributed by atoms with van der Waals surface area (Å²) in [5.41, 5.74) is 1.85. The van der Waals surface area contributed by atoms with Gasteiger partial charge in [-0.2, -0.15) is 0 Å². The summed E-state index contributed by atoms with van der Waals surface area (Å²) in [4.78, 5) is 36.9. The zero-order valence-corrected chi connectivity index (χ0v) is 16.3. The lowest BCUT2D eigenvalue weighted by Gasteiger charge is -2.15. The predicted molar refractivity (Wildman–Crippen MR) is 109 cm³/mol. The fourth-order valence-electron chi connectivity index (χ4n) is 3.03. The Hall–Kier alpha value is -3.19. The molecule has 0 aliphatic carbocycles. The maximum absolute atomic E-state index is 12.5. The smallest absolute Gasteiger partial charge is 0.253 e. The molecule has 0 spiro atoms. The first-order valence-corrected chi connectivity index (χ1v) is 9.68. The molecule has 1 aliphatic rings. The summed E-state index contributed by atoms with van der Waals surface area (Å²) < 4.78 is 5.36. The fourth-order valence-corrected chi connectivity index (χ4v) is 3.03. The van der Waals surface area contributed by atoms with Gasteiger partial charge in [-0.05, 0) is 43.5 Å². The van der Waals surface area contributed by atoms with E-state index in [1.54, 1.807) is 31.2 Å². The maximum atomic E-state index is 12.5. The topological polar surface area (TPSA) is 96.5 Å². The average Bonchev–Trinajstić information content (AvgIpc) is 3.28. The summed E-state index contributed by atoms with van der Waals surface area (Å²) >= 11 is 0. The van der Waals surface area contributed by atoms with Crippen LogP contribution < -0.4 is 16.0 Å². The Morgan fingerprint density at radius 3 is 2.62 bits per heavy atom. The predicted octanol–water partition coefficient (Wildman–Crippen LogP) is 2.24. The highest BCUT2D eigenvalue weighted by molar-refractivity contribution is 6.00. The first kappa shape index (κ1) is 20.5. The summed E-state index contributed by atoms with van der Waals surface area (Å²) in [6.07, 6.45) is 1.12. The number of carbonyl (C=O) groups excluding carboxylic acids is 3. The van der Waals surface area contributed by atoms with E-state index in [9.17, 15) is 14.4 Å². The van der Waals surface area contributed by atoms with Gasteiger partial charge in [0.05, 0.1) is 0 Å². The Balaban J connectivity index is 1.52. The molecule has 3 amide bonds. The molecular formula is C22H25N3O4. The molecule has 2 aromatic carbocycles. The number of hydrogen-bond acceptors (Lipinski definition) is 4. The highest BCUT2D eigenvalue weighted by Crippen LogP contribution is 2.16. The Morgan fingerprint density at radius 2 is 1.90 bits per heavy atom. The van der Waals surface area contributed by atoms with Crippen molar-refractivity contribution in [1.29, 1.82) is 0 Å². The second-order valence-electron chi connectivity index (χ2n) is 6.97. The van der Waals surface area contributed by atoms with E-state index >= 15 is 0 Å². The van der Waals surface area contributed by atoms with Crippen LogP contribution in [0.25, 0.3) is 0 Å². The number of nitrogens with one attached hydrogen (secondary N) is 3. The van der Waals surface area contributed by atoms with E-state index < -0.39 is 12.1 Å². The van der Waals surface area contributed by atoms with Crippen molar-refractivity contribution in [3.63, 3.8) is 0 Å². The summed E-state index contributed by atoms with van der Waals surface area (Å²) in [7, 11) is 0. The molecule has 152 valence electrons. The van der Waals surface area contributed by atoms with Crippen molar-refractivity contribution in [3.8, 4) is 0 Å². The van der Waals surface area contributed by atoms with Crippen LogP contribution in [0.15, 0.2) is 54.6 Å². The SMILES string of the molecule is CC(NC(=O)c1cccc(NC(=O)C2CCCO2)c1)C(=O)NCc1ccccc1. The molecule has 2 aromatic rings. The minimum absolute atomic E-state index is 0.214. The monoisotopic (exact) mass is 395 g/mol. The van der Waals surface area contributed by atoms with Crippen LogP contribution in [-0.2, 0) is 20.9 Å². The number of anilines is 1. The molecule has 2 atom stereocenters. The van der Waals surface area contributed by atoms with Crippen LogP contribution in [0.1, 0.15) is 35.7 Å². The molecule has 1 heterocycles. The van der Waals surface area contributed by atoms with E-state index in [-0.39, 0.29) is 17.7 Å². The van der Waals surface area contributed by atoms with E-state index in [1.165, 1.54) is 0 Å². The molecule has 29 heavy (non-hydrogen) atoms. The van der Waals surface area contributed by atoms with Crippen LogP contribution in [0, 0.1) is 0 Å². The molecule has 7 nitrogen and oxygen atoms in total. The van der Waals surface area contributed by atoms with Gasteiger partial charge in [-0.15, -0.1) is 0 Å². The first-order chi connectivity index (χ1) is 14.0. The van der Waals surface area contributed by atoms with Crippen molar-refractivity contribution in [2.45, 2.75) is 38.5 Å². The van der Waals surface area contributed by atoms with Gasteiger partial charge in [-0.25, -0.2) is 0 Å². The summed E-state index contributed by atoms with van der Waals surface area (Å²) in [5.74, 6) is -0.876. The van der Waals surface area contributed by atoms with E-state index in [0.717, 1.165) is 12.0 Å². The minimum Gasteiger partial charge on any atom is -0.368 e. The van der Waals surface area contributed by atoms with Gasteiger partial charge in [0.25, 0.3) is 11.8 Å². The molecule has 0 bridgehead atoms. The van der Waals surface area contributed by atoms with Crippen molar-refractivity contribution in [1.82, 2.24) is 10.6 Å². The summed E-state index contributed by atoms with van der Waals surface area (Å²) in [6.45, 7) is 2.61.